The zero-order valence-corrected chi connectivity index (χ0v) is 16.0. The van der Waals surface area contributed by atoms with Gasteiger partial charge in [-0.25, -0.2) is 13.4 Å². The normalized spacial score (nSPS) is 17.1. The van der Waals surface area contributed by atoms with Crippen LogP contribution in [0.25, 0.3) is 0 Å². The lowest BCUT2D eigenvalue weighted by atomic mass is 10.1. The molecule has 3 heterocycles. The first-order chi connectivity index (χ1) is 11.8. The average Bonchev–Trinajstić information content (AvgIpc) is 2.91. The van der Waals surface area contributed by atoms with E-state index in [1.807, 2.05) is 19.9 Å². The molecule has 0 N–H and O–H groups in total. The summed E-state index contributed by atoms with van der Waals surface area (Å²) in [5.74, 6) is 0.694. The van der Waals surface area contributed by atoms with Gasteiger partial charge in [0, 0.05) is 57.4 Å². The molecule has 0 atom stereocenters. The second-order valence-corrected chi connectivity index (χ2v) is 8.50. The van der Waals surface area contributed by atoms with Crippen molar-refractivity contribution in [2.75, 3.05) is 26.2 Å². The molecule has 0 unspecified atom stereocenters. The van der Waals surface area contributed by atoms with Crippen LogP contribution < -0.4 is 0 Å². The van der Waals surface area contributed by atoms with Crippen LogP contribution in [0.1, 0.15) is 22.8 Å². The van der Waals surface area contributed by atoms with Gasteiger partial charge in [-0.1, -0.05) is 6.07 Å². The molecule has 1 aliphatic heterocycles. The summed E-state index contributed by atoms with van der Waals surface area (Å²) in [6, 6.07) is 4.13. The number of piperazine rings is 1. The van der Waals surface area contributed by atoms with Crippen LogP contribution in [0, 0.1) is 20.8 Å². The van der Waals surface area contributed by atoms with Crippen molar-refractivity contribution in [3.8, 4) is 0 Å². The lowest BCUT2D eigenvalue weighted by Gasteiger charge is -2.33. The Morgan fingerprint density at radius 3 is 2.28 bits per heavy atom. The number of pyridine rings is 1. The number of hydrogen-bond donors (Lipinski definition) is 0. The number of nitrogens with zero attached hydrogens (tertiary/aromatic N) is 5. The van der Waals surface area contributed by atoms with Crippen molar-refractivity contribution in [2.24, 2.45) is 7.05 Å². The van der Waals surface area contributed by atoms with Gasteiger partial charge in [0.15, 0.2) is 5.03 Å². The van der Waals surface area contributed by atoms with E-state index >= 15 is 0 Å². The summed E-state index contributed by atoms with van der Waals surface area (Å²) in [6.45, 7) is 8.99. The zero-order chi connectivity index (χ0) is 18.2. The highest BCUT2D eigenvalue weighted by Gasteiger charge is 2.30. The lowest BCUT2D eigenvalue weighted by molar-refractivity contribution is 0.181. The van der Waals surface area contributed by atoms with Crippen LogP contribution in [0.2, 0.25) is 0 Å². The SMILES string of the molecule is Cc1ccc(CN2CCN(S(=O)(=O)c3cn(C)c(C)n3)CC2)c(C)n1. The summed E-state index contributed by atoms with van der Waals surface area (Å²) < 4.78 is 28.7. The lowest BCUT2D eigenvalue weighted by Crippen LogP contribution is -2.48. The minimum absolute atomic E-state index is 0.138. The quantitative estimate of drug-likeness (QED) is 0.817. The van der Waals surface area contributed by atoms with Gasteiger partial charge < -0.3 is 4.57 Å². The minimum atomic E-state index is -3.51. The minimum Gasteiger partial charge on any atom is -0.337 e. The Morgan fingerprint density at radius 2 is 1.72 bits per heavy atom. The van der Waals surface area contributed by atoms with Crippen LogP contribution in [0.15, 0.2) is 23.4 Å². The number of sulfonamides is 1. The molecular formula is C17H25N5O2S. The Labute approximate surface area is 149 Å². The van der Waals surface area contributed by atoms with Gasteiger partial charge in [0.1, 0.15) is 5.82 Å². The largest absolute Gasteiger partial charge is 0.337 e. The molecule has 0 saturated carbocycles. The van der Waals surface area contributed by atoms with Crippen molar-refractivity contribution >= 4 is 10.0 Å². The first-order valence-electron chi connectivity index (χ1n) is 8.43. The summed E-state index contributed by atoms with van der Waals surface area (Å²) >= 11 is 0. The third-order valence-electron chi connectivity index (χ3n) is 4.75. The van der Waals surface area contributed by atoms with E-state index in [0.717, 1.165) is 17.9 Å². The van der Waals surface area contributed by atoms with E-state index in [1.54, 1.807) is 24.7 Å². The van der Waals surface area contributed by atoms with Gasteiger partial charge in [-0.05, 0) is 32.4 Å². The Morgan fingerprint density at radius 1 is 1.04 bits per heavy atom. The van der Waals surface area contributed by atoms with Crippen LogP contribution >= 0.6 is 0 Å². The smallest absolute Gasteiger partial charge is 0.262 e. The van der Waals surface area contributed by atoms with Gasteiger partial charge >= 0.3 is 0 Å². The van der Waals surface area contributed by atoms with Crippen LogP contribution in [-0.2, 0) is 23.6 Å². The van der Waals surface area contributed by atoms with Crippen molar-refractivity contribution < 1.29 is 8.42 Å². The van der Waals surface area contributed by atoms with Crippen LogP contribution in [0.4, 0.5) is 0 Å². The van der Waals surface area contributed by atoms with Gasteiger partial charge in [-0.3, -0.25) is 9.88 Å². The molecule has 0 spiro atoms. The summed E-state index contributed by atoms with van der Waals surface area (Å²) in [7, 11) is -1.71. The van der Waals surface area contributed by atoms with Crippen LogP contribution in [-0.4, -0.2) is 58.3 Å². The molecule has 1 fully saturated rings. The molecule has 0 aromatic carbocycles. The zero-order valence-electron chi connectivity index (χ0n) is 15.2. The van der Waals surface area contributed by atoms with Crippen molar-refractivity contribution in [3.63, 3.8) is 0 Å². The summed E-state index contributed by atoms with van der Waals surface area (Å²) in [5, 5.41) is 0.138. The van der Waals surface area contributed by atoms with Crippen molar-refractivity contribution in [1.29, 1.82) is 0 Å². The second-order valence-electron chi connectivity index (χ2n) is 6.61. The first kappa shape index (κ1) is 18.0. The van der Waals surface area contributed by atoms with Crippen LogP contribution in [0.3, 0.4) is 0 Å². The highest BCUT2D eigenvalue weighted by atomic mass is 32.2. The standard InChI is InChI=1S/C17H25N5O2S/c1-13-5-6-16(14(2)18-13)11-21-7-9-22(10-8-21)25(23,24)17-12-20(4)15(3)19-17/h5-6,12H,7-11H2,1-4H3. The van der Waals surface area contributed by atoms with Crippen molar-refractivity contribution in [3.05, 3.63) is 41.1 Å². The van der Waals surface area contributed by atoms with E-state index in [0.29, 0.717) is 32.0 Å². The van der Waals surface area contributed by atoms with E-state index in [1.165, 1.54) is 9.87 Å². The fraction of sp³-hybridized carbons (Fsp3) is 0.529. The molecule has 8 heteroatoms. The van der Waals surface area contributed by atoms with E-state index in [4.69, 9.17) is 0 Å². The molecule has 0 bridgehead atoms. The first-order valence-corrected chi connectivity index (χ1v) is 9.87. The highest BCUT2D eigenvalue weighted by molar-refractivity contribution is 7.89. The molecule has 2 aromatic rings. The van der Waals surface area contributed by atoms with Gasteiger partial charge in [0.2, 0.25) is 0 Å². The molecule has 136 valence electrons. The Bertz CT molecular complexity index is 848. The molecular weight excluding hydrogens is 338 g/mol. The Kier molecular flexibility index (Phi) is 4.95. The van der Waals surface area contributed by atoms with Gasteiger partial charge in [0.25, 0.3) is 10.0 Å². The molecule has 0 amide bonds. The maximum Gasteiger partial charge on any atom is 0.262 e. The predicted molar refractivity (Wildman–Crippen MR) is 95.7 cm³/mol. The fourth-order valence-corrected chi connectivity index (χ4v) is 4.48. The number of rotatable bonds is 4. The van der Waals surface area contributed by atoms with E-state index < -0.39 is 10.0 Å². The second kappa shape index (κ2) is 6.86. The summed E-state index contributed by atoms with van der Waals surface area (Å²) in [5.41, 5.74) is 3.25. The third-order valence-corrected chi connectivity index (χ3v) is 6.52. The molecule has 3 rings (SSSR count). The van der Waals surface area contributed by atoms with E-state index in [2.05, 4.69) is 20.9 Å². The van der Waals surface area contributed by atoms with Gasteiger partial charge in [-0.15, -0.1) is 0 Å². The number of aromatic nitrogens is 3. The molecule has 1 saturated heterocycles. The van der Waals surface area contributed by atoms with Crippen molar-refractivity contribution in [1.82, 2.24) is 23.7 Å². The predicted octanol–water partition coefficient (Wildman–Crippen LogP) is 1.25. The monoisotopic (exact) mass is 363 g/mol. The highest BCUT2D eigenvalue weighted by Crippen LogP contribution is 2.18. The molecule has 0 aliphatic carbocycles. The molecule has 7 nitrogen and oxygen atoms in total. The Hall–Kier alpha value is -1.77. The van der Waals surface area contributed by atoms with Gasteiger partial charge in [0.05, 0.1) is 0 Å². The fourth-order valence-electron chi connectivity index (χ4n) is 3.03. The Balaban J connectivity index is 1.65. The maximum absolute atomic E-state index is 12.7. The number of hydrogen-bond acceptors (Lipinski definition) is 5. The molecule has 2 aromatic heterocycles. The van der Waals surface area contributed by atoms with E-state index in [-0.39, 0.29) is 5.03 Å². The van der Waals surface area contributed by atoms with E-state index in [9.17, 15) is 8.42 Å². The maximum atomic E-state index is 12.7. The molecule has 1 aliphatic rings. The molecule has 0 radical (unpaired) electrons. The summed E-state index contributed by atoms with van der Waals surface area (Å²) in [4.78, 5) is 10.9. The average molecular weight is 363 g/mol. The van der Waals surface area contributed by atoms with Crippen LogP contribution in [0.5, 0.6) is 0 Å². The van der Waals surface area contributed by atoms with Gasteiger partial charge in [-0.2, -0.15) is 4.31 Å². The topological polar surface area (TPSA) is 71.3 Å². The third kappa shape index (κ3) is 3.75. The number of aryl methyl sites for hydroxylation is 4. The van der Waals surface area contributed by atoms with Crippen molar-refractivity contribution in [2.45, 2.75) is 32.3 Å². The molecule has 25 heavy (non-hydrogen) atoms. The summed E-state index contributed by atoms with van der Waals surface area (Å²) in [6.07, 6.45) is 1.58. The number of imidazole rings is 1.